The van der Waals surface area contributed by atoms with Gasteiger partial charge in [0.15, 0.2) is 0 Å². The molecule has 2 rings (SSSR count). The highest BCUT2D eigenvalue weighted by atomic mass is 127. The summed E-state index contributed by atoms with van der Waals surface area (Å²) in [6, 6.07) is 9.16. The van der Waals surface area contributed by atoms with Crippen molar-refractivity contribution < 1.29 is 31.9 Å². The zero-order chi connectivity index (χ0) is 25.5. The van der Waals surface area contributed by atoms with Gasteiger partial charge in [0, 0.05) is 40.4 Å². The van der Waals surface area contributed by atoms with Gasteiger partial charge in [-0.3, -0.25) is 14.3 Å². The molecule has 0 radical (unpaired) electrons. The summed E-state index contributed by atoms with van der Waals surface area (Å²) in [6.07, 6.45) is 0.449. The monoisotopic (exact) mass is 625 g/mol. The van der Waals surface area contributed by atoms with Gasteiger partial charge in [0.2, 0.25) is 12.3 Å². The van der Waals surface area contributed by atoms with Crippen molar-refractivity contribution in [3.8, 4) is 11.5 Å². The fourth-order valence-electron chi connectivity index (χ4n) is 2.93. The second kappa shape index (κ2) is 12.0. The van der Waals surface area contributed by atoms with Crippen molar-refractivity contribution in [1.82, 2.24) is 5.32 Å². The topological polar surface area (TPSA) is 123 Å². The molecule has 0 aromatic heterocycles. The van der Waals surface area contributed by atoms with E-state index in [2.05, 4.69) is 15.4 Å². The Morgan fingerprint density at radius 1 is 1.24 bits per heavy atom. The highest BCUT2D eigenvalue weighted by Crippen LogP contribution is 2.34. The quantitative estimate of drug-likeness (QED) is 0.143. The van der Waals surface area contributed by atoms with Crippen LogP contribution in [0.15, 0.2) is 47.4 Å². The number of benzene rings is 2. The Balaban J connectivity index is 2.31. The first-order chi connectivity index (χ1) is 15.9. The third kappa shape index (κ3) is 8.24. The molecular weight excluding hydrogens is 599 g/mol. The number of carbonyl (C=O) groups excluding carboxylic acids is 2. The number of hydrogen-bond donors (Lipinski definition) is 3. The third-order valence-electron chi connectivity index (χ3n) is 4.34. The van der Waals surface area contributed by atoms with Crippen LogP contribution in [0.25, 0.3) is 0 Å². The molecule has 9 nitrogen and oxygen atoms in total. The maximum atomic E-state index is 13.7. The van der Waals surface area contributed by atoms with Gasteiger partial charge in [-0.2, -0.15) is 4.39 Å². The minimum Gasteiger partial charge on any atom is -0.492 e. The Hall–Kier alpha value is -2.18. The Labute approximate surface area is 213 Å². The molecule has 34 heavy (non-hydrogen) atoms. The Bertz CT molecular complexity index is 1130. The van der Waals surface area contributed by atoms with Crippen molar-refractivity contribution in [1.29, 1.82) is 0 Å². The van der Waals surface area contributed by atoms with E-state index in [9.17, 15) is 22.4 Å². The first-order valence-electron chi connectivity index (χ1n) is 10.1. The Morgan fingerprint density at radius 3 is 2.53 bits per heavy atom. The van der Waals surface area contributed by atoms with Gasteiger partial charge >= 0.3 is 3.60 Å². The number of nitrogens with one attached hydrogen (secondary N) is 3. The fourth-order valence-corrected chi connectivity index (χ4v) is 4.50. The van der Waals surface area contributed by atoms with Crippen LogP contribution in [0, 0.1) is 5.92 Å². The third-order valence-corrected chi connectivity index (χ3v) is 6.10. The zero-order valence-corrected chi connectivity index (χ0v) is 22.8. The van der Waals surface area contributed by atoms with E-state index in [0.29, 0.717) is 12.1 Å². The van der Waals surface area contributed by atoms with E-state index in [1.807, 2.05) is 9.24 Å². The van der Waals surface area contributed by atoms with Crippen molar-refractivity contribution in [2.75, 3.05) is 16.6 Å². The molecule has 0 heterocycles. The first kappa shape index (κ1) is 28.1. The predicted octanol–water partition coefficient (Wildman–Crippen LogP) is 3.86. The molecule has 0 saturated carbocycles. The summed E-state index contributed by atoms with van der Waals surface area (Å²) in [6.45, 7) is 5.42. The van der Waals surface area contributed by atoms with Crippen LogP contribution < -0.4 is 24.8 Å². The molecule has 0 aliphatic rings. The van der Waals surface area contributed by atoms with E-state index in [1.54, 1.807) is 20.8 Å². The summed E-state index contributed by atoms with van der Waals surface area (Å²) in [5, 5.41) is 5.11. The molecule has 186 valence electrons. The summed E-state index contributed by atoms with van der Waals surface area (Å²) < 4.78 is 50.8. The van der Waals surface area contributed by atoms with Crippen molar-refractivity contribution in [2.45, 2.75) is 35.3 Å². The van der Waals surface area contributed by atoms with E-state index in [4.69, 9.17) is 9.47 Å². The normalized spacial score (nSPS) is 14.0. The Morgan fingerprint density at radius 2 is 1.94 bits per heavy atom. The van der Waals surface area contributed by atoms with Gasteiger partial charge in [0.25, 0.3) is 10.0 Å². The molecule has 2 unspecified atom stereocenters. The minimum absolute atomic E-state index is 0.0182. The van der Waals surface area contributed by atoms with E-state index in [-0.39, 0.29) is 34.6 Å². The van der Waals surface area contributed by atoms with Gasteiger partial charge in [0.05, 0.1) is 12.3 Å². The Kier molecular flexibility index (Phi) is 9.89. The molecule has 0 aliphatic carbocycles. The summed E-state index contributed by atoms with van der Waals surface area (Å²) in [5.74, 6) is -0.479. The van der Waals surface area contributed by atoms with Crippen LogP contribution in [0.5, 0.6) is 11.5 Å². The smallest absolute Gasteiger partial charge is 0.309 e. The van der Waals surface area contributed by atoms with E-state index in [1.165, 1.54) is 65.1 Å². The number of hydrogen-bond acceptors (Lipinski definition) is 6. The number of carbonyl (C=O) groups is 2. The average Bonchev–Trinajstić information content (AvgIpc) is 2.70. The number of anilines is 2. The lowest BCUT2D eigenvalue weighted by molar-refractivity contribution is -0.122. The van der Waals surface area contributed by atoms with Crippen molar-refractivity contribution in [3.05, 3.63) is 42.5 Å². The number of amides is 2. The zero-order valence-electron chi connectivity index (χ0n) is 18.7. The van der Waals surface area contributed by atoms with Gasteiger partial charge < -0.3 is 20.1 Å². The predicted molar refractivity (Wildman–Crippen MR) is 140 cm³/mol. The maximum Gasteiger partial charge on any atom is 0.309 e. The van der Waals surface area contributed by atoms with Crippen LogP contribution in [-0.4, -0.2) is 37.0 Å². The second-order valence-electron chi connectivity index (χ2n) is 7.39. The molecule has 0 spiro atoms. The number of halogens is 2. The van der Waals surface area contributed by atoms with Crippen LogP contribution in [-0.2, 0) is 19.6 Å². The van der Waals surface area contributed by atoms with Gasteiger partial charge in [-0.15, -0.1) is 0 Å². The molecule has 0 aliphatic heterocycles. The van der Waals surface area contributed by atoms with Crippen LogP contribution >= 0.6 is 31.8 Å². The largest absolute Gasteiger partial charge is 0.492 e. The lowest BCUT2D eigenvalue weighted by Gasteiger charge is -2.20. The number of alkyl halides is 2. The fraction of sp³-hybridized carbons (Fsp3) is 0.333. The molecule has 0 saturated heterocycles. The van der Waals surface area contributed by atoms with Gasteiger partial charge in [-0.05, 0) is 46.3 Å². The highest BCUT2D eigenvalue weighted by molar-refractivity contribution is 14.1. The average molecular weight is 625 g/mol. The molecule has 2 aromatic carbocycles. The van der Waals surface area contributed by atoms with Crippen molar-refractivity contribution in [2.24, 2.45) is 5.92 Å². The van der Waals surface area contributed by atoms with Crippen LogP contribution in [0.4, 0.5) is 15.8 Å². The molecule has 0 bridgehead atoms. The summed E-state index contributed by atoms with van der Waals surface area (Å²) in [7, 11) is -2.23. The molecule has 13 heteroatoms. The molecule has 2 aromatic rings. The maximum absolute atomic E-state index is 13.7. The second-order valence-corrected chi connectivity index (χ2v) is 12.4. The number of rotatable bonds is 12. The summed E-state index contributed by atoms with van der Waals surface area (Å²) in [5.41, 5.74) is 0.450. The van der Waals surface area contributed by atoms with E-state index in [0.717, 1.165) is 0 Å². The van der Waals surface area contributed by atoms with Crippen LogP contribution in [0.1, 0.15) is 20.8 Å². The molecular formula is C21H26FIN3O6PS. The van der Waals surface area contributed by atoms with Gasteiger partial charge in [-0.25, -0.2) is 8.42 Å². The van der Waals surface area contributed by atoms with Crippen LogP contribution in [0.2, 0.25) is 0 Å². The van der Waals surface area contributed by atoms with Gasteiger partial charge in [-0.1, -0.05) is 19.9 Å². The lowest BCUT2D eigenvalue weighted by Crippen LogP contribution is -2.43. The molecule has 0 fully saturated rings. The molecule has 3 atom stereocenters. The minimum atomic E-state index is -4.11. The number of sulfonamides is 1. The van der Waals surface area contributed by atoms with Gasteiger partial charge in [0.1, 0.15) is 22.4 Å². The number of ether oxygens (including phenoxy) is 2. The van der Waals surface area contributed by atoms with Crippen LogP contribution in [0.3, 0.4) is 0 Å². The highest BCUT2D eigenvalue weighted by Gasteiger charge is 2.25. The molecule has 3 N–H and O–H groups in total. The van der Waals surface area contributed by atoms with E-state index < -0.39 is 25.6 Å². The SMILES string of the molecule is CCOc1cc(NC(=O)[C@@H](NC=O)C(C)C)ccc1S(=O)(=O)Nc1cccc(OC(F)(P)I)c1. The molecule has 2 amide bonds. The summed E-state index contributed by atoms with van der Waals surface area (Å²) >= 11 is 1.43. The summed E-state index contributed by atoms with van der Waals surface area (Å²) in [4.78, 5) is 23.2. The van der Waals surface area contributed by atoms with E-state index >= 15 is 0 Å². The lowest BCUT2D eigenvalue weighted by atomic mass is 10.0. The van der Waals surface area contributed by atoms with Crippen molar-refractivity contribution >= 4 is 65.5 Å². The first-order valence-corrected chi connectivity index (χ1v) is 13.3. The van der Waals surface area contributed by atoms with Crippen molar-refractivity contribution in [3.63, 3.8) is 0 Å². The standard InChI is InChI=1S/C21H26FIN3O6PS/c1-4-31-17-11-14(25-20(28)19(13(2)3)24-12-27)8-9-18(17)34(29,30)26-15-6-5-7-16(10-15)32-21(22,23)33/h5-13,19,26H,4,33H2,1-3H3,(H,24,27)(H,25,28)/t19-,21?/m0/s1.